The molecule has 1 saturated heterocycles. The van der Waals surface area contributed by atoms with Crippen LogP contribution in [0.5, 0.6) is 0 Å². The SMILES string of the molecule is CO[C@H]1CN(C(=O)OC(C)(C)C)CC[C@]1(OC)c1ccccc1. The van der Waals surface area contributed by atoms with Gasteiger partial charge in [-0.3, -0.25) is 0 Å². The summed E-state index contributed by atoms with van der Waals surface area (Å²) in [5.74, 6) is 0. The Morgan fingerprint density at radius 1 is 1.22 bits per heavy atom. The maximum atomic E-state index is 12.3. The van der Waals surface area contributed by atoms with Crippen LogP contribution in [0.2, 0.25) is 0 Å². The van der Waals surface area contributed by atoms with E-state index in [2.05, 4.69) is 0 Å². The third kappa shape index (κ3) is 3.85. The van der Waals surface area contributed by atoms with Crippen LogP contribution in [0.4, 0.5) is 4.79 Å². The van der Waals surface area contributed by atoms with Gasteiger partial charge < -0.3 is 19.1 Å². The molecule has 23 heavy (non-hydrogen) atoms. The lowest BCUT2D eigenvalue weighted by Crippen LogP contribution is -2.57. The summed E-state index contributed by atoms with van der Waals surface area (Å²) in [5.41, 5.74) is 0.0156. The van der Waals surface area contributed by atoms with E-state index in [1.54, 1.807) is 19.1 Å². The molecule has 0 bridgehead atoms. The molecule has 0 N–H and O–H groups in total. The lowest BCUT2D eigenvalue weighted by molar-refractivity contribution is -0.156. The number of carbonyl (C=O) groups is 1. The summed E-state index contributed by atoms with van der Waals surface area (Å²) in [5, 5.41) is 0. The van der Waals surface area contributed by atoms with Gasteiger partial charge in [0.1, 0.15) is 17.3 Å². The molecule has 2 atom stereocenters. The van der Waals surface area contributed by atoms with Crippen molar-refractivity contribution in [2.75, 3.05) is 27.3 Å². The number of amides is 1. The van der Waals surface area contributed by atoms with E-state index in [9.17, 15) is 4.79 Å². The van der Waals surface area contributed by atoms with Crippen molar-refractivity contribution in [3.05, 3.63) is 35.9 Å². The van der Waals surface area contributed by atoms with Crippen molar-refractivity contribution >= 4 is 6.09 Å². The van der Waals surface area contributed by atoms with Gasteiger partial charge in [-0.2, -0.15) is 0 Å². The third-order valence-corrected chi connectivity index (χ3v) is 4.22. The quantitative estimate of drug-likeness (QED) is 0.858. The van der Waals surface area contributed by atoms with Gasteiger partial charge in [-0.05, 0) is 26.3 Å². The van der Waals surface area contributed by atoms with Gasteiger partial charge in [0.05, 0.1) is 6.54 Å². The molecular formula is C18H27NO4. The molecular weight excluding hydrogens is 294 g/mol. The highest BCUT2D eigenvalue weighted by atomic mass is 16.6. The number of ether oxygens (including phenoxy) is 3. The Labute approximate surface area is 138 Å². The normalized spacial score (nSPS) is 25.3. The number of piperidine rings is 1. The Morgan fingerprint density at radius 2 is 1.87 bits per heavy atom. The van der Waals surface area contributed by atoms with Gasteiger partial charge in [-0.1, -0.05) is 30.3 Å². The maximum absolute atomic E-state index is 12.3. The lowest BCUT2D eigenvalue weighted by atomic mass is 9.81. The minimum Gasteiger partial charge on any atom is -0.444 e. The first-order valence-corrected chi connectivity index (χ1v) is 7.94. The largest absolute Gasteiger partial charge is 0.444 e. The predicted octanol–water partition coefficient (Wildman–Crippen LogP) is 3.18. The van der Waals surface area contributed by atoms with E-state index in [4.69, 9.17) is 14.2 Å². The van der Waals surface area contributed by atoms with E-state index < -0.39 is 11.2 Å². The molecule has 1 aliphatic heterocycles. The summed E-state index contributed by atoms with van der Waals surface area (Å²) < 4.78 is 17.1. The van der Waals surface area contributed by atoms with Gasteiger partial charge >= 0.3 is 6.09 Å². The summed E-state index contributed by atoms with van der Waals surface area (Å²) in [6, 6.07) is 10.0. The monoisotopic (exact) mass is 321 g/mol. The number of nitrogens with zero attached hydrogens (tertiary/aromatic N) is 1. The second-order valence-electron chi connectivity index (χ2n) is 6.86. The minimum atomic E-state index is -0.547. The van der Waals surface area contributed by atoms with E-state index in [1.807, 2.05) is 51.1 Å². The fraction of sp³-hybridized carbons (Fsp3) is 0.611. The van der Waals surface area contributed by atoms with Crippen LogP contribution in [-0.2, 0) is 19.8 Å². The number of methoxy groups -OCH3 is 2. The van der Waals surface area contributed by atoms with Gasteiger partial charge in [-0.25, -0.2) is 4.79 Å². The Balaban J connectivity index is 2.20. The Kier molecular flexibility index (Phi) is 5.32. The number of carbonyl (C=O) groups excluding carboxylic acids is 1. The van der Waals surface area contributed by atoms with Crippen molar-refractivity contribution in [2.45, 2.75) is 44.5 Å². The van der Waals surface area contributed by atoms with Gasteiger partial charge in [0.25, 0.3) is 0 Å². The fourth-order valence-electron chi connectivity index (χ4n) is 3.06. The van der Waals surface area contributed by atoms with E-state index in [0.717, 1.165) is 5.56 Å². The summed E-state index contributed by atoms with van der Waals surface area (Å²) >= 11 is 0. The molecule has 0 aromatic heterocycles. The van der Waals surface area contributed by atoms with E-state index >= 15 is 0 Å². The zero-order valence-corrected chi connectivity index (χ0v) is 14.7. The molecule has 5 heteroatoms. The van der Waals surface area contributed by atoms with Crippen LogP contribution in [-0.4, -0.2) is 50.0 Å². The predicted molar refractivity (Wildman–Crippen MR) is 88.4 cm³/mol. The van der Waals surface area contributed by atoms with Crippen molar-refractivity contribution in [1.29, 1.82) is 0 Å². The van der Waals surface area contributed by atoms with E-state index in [1.165, 1.54) is 0 Å². The summed E-state index contributed by atoms with van der Waals surface area (Å²) in [6.45, 7) is 6.61. The Hall–Kier alpha value is -1.59. The molecule has 1 amide bonds. The van der Waals surface area contributed by atoms with Crippen LogP contribution in [0, 0.1) is 0 Å². The molecule has 128 valence electrons. The first-order valence-electron chi connectivity index (χ1n) is 7.94. The number of rotatable bonds is 3. The second-order valence-corrected chi connectivity index (χ2v) is 6.86. The van der Waals surface area contributed by atoms with Gasteiger partial charge in [0.2, 0.25) is 0 Å². The standard InChI is InChI=1S/C18H27NO4/c1-17(2,3)23-16(20)19-12-11-18(22-5,15(13-19)21-4)14-9-7-6-8-10-14/h6-10,15H,11-13H2,1-5H3/t15-,18-/m0/s1. The maximum Gasteiger partial charge on any atom is 0.410 e. The minimum absolute atomic E-state index is 0.254. The number of hydrogen-bond donors (Lipinski definition) is 0. The highest BCUT2D eigenvalue weighted by Crippen LogP contribution is 2.38. The molecule has 0 unspecified atom stereocenters. The van der Waals surface area contributed by atoms with Crippen molar-refractivity contribution in [3.63, 3.8) is 0 Å². The lowest BCUT2D eigenvalue weighted by Gasteiger charge is -2.46. The molecule has 0 aliphatic carbocycles. The van der Waals surface area contributed by atoms with Crippen molar-refractivity contribution in [2.24, 2.45) is 0 Å². The van der Waals surface area contributed by atoms with Crippen molar-refractivity contribution in [3.8, 4) is 0 Å². The fourth-order valence-corrected chi connectivity index (χ4v) is 3.06. The average molecular weight is 321 g/mol. The second kappa shape index (κ2) is 6.89. The van der Waals surface area contributed by atoms with Crippen molar-refractivity contribution in [1.82, 2.24) is 4.90 Å². The first-order chi connectivity index (χ1) is 10.8. The van der Waals surface area contributed by atoms with Crippen LogP contribution in [0.15, 0.2) is 30.3 Å². The highest BCUT2D eigenvalue weighted by molar-refractivity contribution is 5.68. The molecule has 1 aliphatic rings. The molecule has 0 radical (unpaired) electrons. The van der Waals surface area contributed by atoms with E-state index in [-0.39, 0.29) is 12.2 Å². The molecule has 1 heterocycles. The number of benzene rings is 1. The van der Waals surface area contributed by atoms with Crippen LogP contribution in [0.1, 0.15) is 32.8 Å². The van der Waals surface area contributed by atoms with Crippen LogP contribution in [0.3, 0.4) is 0 Å². The Bertz CT molecular complexity index is 526. The number of hydrogen-bond acceptors (Lipinski definition) is 4. The highest BCUT2D eigenvalue weighted by Gasteiger charge is 2.46. The van der Waals surface area contributed by atoms with Crippen molar-refractivity contribution < 1.29 is 19.0 Å². The van der Waals surface area contributed by atoms with Gasteiger partial charge in [0, 0.05) is 27.2 Å². The number of likely N-dealkylation sites (tertiary alicyclic amines) is 1. The molecule has 1 fully saturated rings. The van der Waals surface area contributed by atoms with Crippen LogP contribution < -0.4 is 0 Å². The summed E-state index contributed by atoms with van der Waals surface area (Å²) in [7, 11) is 3.35. The van der Waals surface area contributed by atoms with Gasteiger partial charge in [-0.15, -0.1) is 0 Å². The topological polar surface area (TPSA) is 48.0 Å². The van der Waals surface area contributed by atoms with Gasteiger partial charge in [0.15, 0.2) is 0 Å². The molecule has 1 aromatic rings. The van der Waals surface area contributed by atoms with Crippen LogP contribution >= 0.6 is 0 Å². The molecule has 5 nitrogen and oxygen atoms in total. The first kappa shape index (κ1) is 17.8. The molecule has 2 rings (SSSR count). The molecule has 0 spiro atoms. The summed E-state index contributed by atoms with van der Waals surface area (Å²) in [4.78, 5) is 14.0. The molecule has 1 aromatic carbocycles. The summed E-state index contributed by atoms with van der Waals surface area (Å²) in [6.07, 6.45) is 0.0964. The van der Waals surface area contributed by atoms with Crippen LogP contribution in [0.25, 0.3) is 0 Å². The van der Waals surface area contributed by atoms with E-state index in [0.29, 0.717) is 19.5 Å². The smallest absolute Gasteiger partial charge is 0.410 e. The third-order valence-electron chi connectivity index (χ3n) is 4.22. The average Bonchev–Trinajstić information content (AvgIpc) is 2.53. The molecule has 0 saturated carbocycles. The Morgan fingerprint density at radius 3 is 2.39 bits per heavy atom. The zero-order valence-electron chi connectivity index (χ0n) is 14.7. The zero-order chi connectivity index (χ0) is 17.1.